The van der Waals surface area contributed by atoms with Crippen molar-refractivity contribution in [2.45, 2.75) is 30.6 Å². The predicted octanol–water partition coefficient (Wildman–Crippen LogP) is 2.20. The average molecular weight is 336 g/mol. The van der Waals surface area contributed by atoms with Crippen molar-refractivity contribution in [1.29, 1.82) is 0 Å². The van der Waals surface area contributed by atoms with Gasteiger partial charge in [0.1, 0.15) is 11.9 Å². The first-order chi connectivity index (χ1) is 11.2. The smallest absolute Gasteiger partial charge is 0.230 e. The Bertz CT molecular complexity index is 673. The molecule has 1 unspecified atom stereocenters. The summed E-state index contributed by atoms with van der Waals surface area (Å²) in [6, 6.07) is 6.37. The van der Waals surface area contributed by atoms with Crippen LogP contribution in [0.25, 0.3) is 0 Å². The first kappa shape index (κ1) is 15.9. The quantitative estimate of drug-likeness (QED) is 0.791. The van der Waals surface area contributed by atoms with Gasteiger partial charge in [-0.25, -0.2) is 9.37 Å². The van der Waals surface area contributed by atoms with E-state index in [4.69, 9.17) is 4.74 Å². The van der Waals surface area contributed by atoms with Crippen LogP contribution in [0.3, 0.4) is 0 Å². The number of H-pyrrole nitrogens is 1. The number of carbonyl (C=O) groups is 1. The highest BCUT2D eigenvalue weighted by atomic mass is 32.2. The third-order valence-corrected chi connectivity index (χ3v) is 4.33. The number of halogens is 1. The molecule has 1 aliphatic rings. The van der Waals surface area contributed by atoms with E-state index < -0.39 is 0 Å². The molecule has 23 heavy (non-hydrogen) atoms. The minimum atomic E-state index is -0.323. The lowest BCUT2D eigenvalue weighted by Crippen LogP contribution is -2.25. The Morgan fingerprint density at radius 2 is 2.35 bits per heavy atom. The van der Waals surface area contributed by atoms with Gasteiger partial charge in [-0.05, 0) is 18.9 Å². The van der Waals surface area contributed by atoms with Crippen molar-refractivity contribution < 1.29 is 13.9 Å². The maximum absolute atomic E-state index is 13.4. The number of ether oxygens (including phenoxy) is 1. The SMILES string of the molecule is O=C(CSc1n[nH]c(C2CCCO2)n1)NCc1ccccc1F. The molecule has 0 aliphatic carbocycles. The molecule has 2 heterocycles. The minimum absolute atomic E-state index is 0.0215. The number of aromatic nitrogens is 3. The normalized spacial score (nSPS) is 17.3. The molecular weight excluding hydrogens is 319 g/mol. The number of hydrogen-bond donors (Lipinski definition) is 2. The average Bonchev–Trinajstić information content (AvgIpc) is 3.23. The molecule has 0 saturated carbocycles. The molecule has 2 N–H and O–H groups in total. The summed E-state index contributed by atoms with van der Waals surface area (Å²) in [5, 5.41) is 10.1. The van der Waals surface area contributed by atoms with Crippen molar-refractivity contribution >= 4 is 17.7 Å². The van der Waals surface area contributed by atoms with E-state index in [0.29, 0.717) is 16.5 Å². The molecule has 1 fully saturated rings. The number of amides is 1. The molecule has 1 aromatic heterocycles. The fourth-order valence-electron chi connectivity index (χ4n) is 2.28. The summed E-state index contributed by atoms with van der Waals surface area (Å²) in [5.74, 6) is 0.367. The Labute approximate surface area is 137 Å². The van der Waals surface area contributed by atoms with Crippen LogP contribution >= 0.6 is 11.8 Å². The zero-order chi connectivity index (χ0) is 16.1. The third kappa shape index (κ3) is 4.29. The Morgan fingerprint density at radius 3 is 3.13 bits per heavy atom. The maximum atomic E-state index is 13.4. The van der Waals surface area contributed by atoms with Gasteiger partial charge in [0, 0.05) is 18.7 Å². The van der Waals surface area contributed by atoms with E-state index in [1.54, 1.807) is 18.2 Å². The molecule has 0 radical (unpaired) electrons. The molecule has 0 spiro atoms. The van der Waals surface area contributed by atoms with Gasteiger partial charge in [0.05, 0.1) is 5.75 Å². The molecule has 6 nitrogen and oxygen atoms in total. The highest BCUT2D eigenvalue weighted by molar-refractivity contribution is 7.99. The predicted molar refractivity (Wildman–Crippen MR) is 83.3 cm³/mol. The first-order valence-corrected chi connectivity index (χ1v) is 8.38. The number of carbonyl (C=O) groups excluding carboxylic acids is 1. The first-order valence-electron chi connectivity index (χ1n) is 7.39. The van der Waals surface area contributed by atoms with Gasteiger partial charge in [0.25, 0.3) is 0 Å². The van der Waals surface area contributed by atoms with Crippen LogP contribution in [0.1, 0.15) is 30.3 Å². The van der Waals surface area contributed by atoms with E-state index in [0.717, 1.165) is 19.4 Å². The van der Waals surface area contributed by atoms with Crippen LogP contribution in [0.2, 0.25) is 0 Å². The second-order valence-corrected chi connectivity index (χ2v) is 6.10. The van der Waals surface area contributed by atoms with E-state index in [1.807, 2.05) is 0 Å². The lowest BCUT2D eigenvalue weighted by Gasteiger charge is -2.05. The molecular formula is C15H17FN4O2S. The second-order valence-electron chi connectivity index (χ2n) is 5.16. The summed E-state index contributed by atoms with van der Waals surface area (Å²) in [6.45, 7) is 0.910. The molecule has 122 valence electrons. The standard InChI is InChI=1S/C15H17FN4O2S/c16-11-5-2-1-4-10(11)8-17-13(21)9-23-15-18-14(19-20-15)12-6-3-7-22-12/h1-2,4-5,12H,3,6-9H2,(H,17,21)(H,18,19,20). The fourth-order valence-corrected chi connectivity index (χ4v) is 2.91. The minimum Gasteiger partial charge on any atom is -0.370 e. The molecule has 1 saturated heterocycles. The second kappa shape index (κ2) is 7.56. The number of hydrogen-bond acceptors (Lipinski definition) is 5. The van der Waals surface area contributed by atoms with Crippen molar-refractivity contribution in [3.8, 4) is 0 Å². The summed E-state index contributed by atoms with van der Waals surface area (Å²) in [6.07, 6.45) is 1.93. The molecule has 3 rings (SSSR count). The molecule has 0 bridgehead atoms. The van der Waals surface area contributed by atoms with E-state index in [-0.39, 0.29) is 30.1 Å². The van der Waals surface area contributed by atoms with Gasteiger partial charge >= 0.3 is 0 Å². The number of thioether (sulfide) groups is 1. The number of benzene rings is 1. The highest BCUT2D eigenvalue weighted by Gasteiger charge is 2.21. The van der Waals surface area contributed by atoms with Gasteiger partial charge in [0.15, 0.2) is 5.82 Å². The van der Waals surface area contributed by atoms with Crippen molar-refractivity contribution in [1.82, 2.24) is 20.5 Å². The zero-order valence-corrected chi connectivity index (χ0v) is 13.2. The van der Waals surface area contributed by atoms with Gasteiger partial charge < -0.3 is 10.1 Å². The van der Waals surface area contributed by atoms with Gasteiger partial charge in [-0.15, -0.1) is 5.10 Å². The van der Waals surface area contributed by atoms with E-state index in [1.165, 1.54) is 17.8 Å². The molecule has 8 heteroatoms. The van der Waals surface area contributed by atoms with Crippen LogP contribution in [0.5, 0.6) is 0 Å². The molecule has 1 atom stereocenters. The van der Waals surface area contributed by atoms with Crippen LogP contribution < -0.4 is 5.32 Å². The highest BCUT2D eigenvalue weighted by Crippen LogP contribution is 2.26. The number of nitrogens with one attached hydrogen (secondary N) is 2. The topological polar surface area (TPSA) is 79.9 Å². The van der Waals surface area contributed by atoms with Gasteiger partial charge in [-0.1, -0.05) is 30.0 Å². The number of nitrogens with zero attached hydrogens (tertiary/aromatic N) is 2. The van der Waals surface area contributed by atoms with Gasteiger partial charge in [-0.3, -0.25) is 9.89 Å². The Morgan fingerprint density at radius 1 is 1.48 bits per heavy atom. The van der Waals surface area contributed by atoms with Crippen molar-refractivity contribution in [2.75, 3.05) is 12.4 Å². The van der Waals surface area contributed by atoms with Crippen LogP contribution in [0.4, 0.5) is 4.39 Å². The lowest BCUT2D eigenvalue weighted by molar-refractivity contribution is -0.118. The van der Waals surface area contributed by atoms with Crippen molar-refractivity contribution in [2.24, 2.45) is 0 Å². The van der Waals surface area contributed by atoms with E-state index in [9.17, 15) is 9.18 Å². The number of aromatic amines is 1. The molecule has 1 amide bonds. The zero-order valence-electron chi connectivity index (χ0n) is 12.4. The summed E-state index contributed by atoms with van der Waals surface area (Å²) in [4.78, 5) is 16.1. The van der Waals surface area contributed by atoms with Crippen molar-refractivity contribution in [3.05, 3.63) is 41.5 Å². The summed E-state index contributed by atoms with van der Waals surface area (Å²) >= 11 is 1.23. The molecule has 1 aliphatic heterocycles. The van der Waals surface area contributed by atoms with Crippen LogP contribution in [-0.4, -0.2) is 33.4 Å². The van der Waals surface area contributed by atoms with Crippen LogP contribution in [0.15, 0.2) is 29.4 Å². The summed E-state index contributed by atoms with van der Waals surface area (Å²) in [5.41, 5.74) is 0.462. The van der Waals surface area contributed by atoms with Crippen molar-refractivity contribution in [3.63, 3.8) is 0 Å². The van der Waals surface area contributed by atoms with Gasteiger partial charge in [0.2, 0.25) is 11.1 Å². The summed E-state index contributed by atoms with van der Waals surface area (Å²) in [7, 11) is 0. The third-order valence-electron chi connectivity index (χ3n) is 3.48. The summed E-state index contributed by atoms with van der Waals surface area (Å²) < 4.78 is 19.0. The van der Waals surface area contributed by atoms with E-state index in [2.05, 4.69) is 20.5 Å². The van der Waals surface area contributed by atoms with Crippen LogP contribution in [-0.2, 0) is 16.1 Å². The number of rotatable bonds is 6. The lowest BCUT2D eigenvalue weighted by atomic mass is 10.2. The molecule has 1 aromatic carbocycles. The van der Waals surface area contributed by atoms with Crippen LogP contribution in [0, 0.1) is 5.82 Å². The Kier molecular flexibility index (Phi) is 5.24. The van der Waals surface area contributed by atoms with E-state index >= 15 is 0 Å². The fraction of sp³-hybridized carbons (Fsp3) is 0.400. The Balaban J connectivity index is 1.45. The maximum Gasteiger partial charge on any atom is 0.230 e. The monoisotopic (exact) mass is 336 g/mol. The van der Waals surface area contributed by atoms with Gasteiger partial charge in [-0.2, -0.15) is 0 Å². The molecule has 2 aromatic rings. The largest absolute Gasteiger partial charge is 0.370 e. The Hall–Kier alpha value is -1.93.